The standard InChI is InChI=1S/C14H19Br2NO2S/c1-10-4-3-5-12(8-10)17(2)20(18,19)14-7-6-11(15)9-13(14)16/h6-7,9-10,12H,3-5,8H2,1-2H3. The Kier molecular flexibility index (Phi) is 5.32. The van der Waals surface area contributed by atoms with Crippen LogP contribution in [0.25, 0.3) is 0 Å². The second-order valence-corrected chi connectivity index (χ2v) is 9.26. The monoisotopic (exact) mass is 423 g/mol. The zero-order valence-electron chi connectivity index (χ0n) is 11.6. The summed E-state index contributed by atoms with van der Waals surface area (Å²) in [5, 5.41) is 0. The Labute approximate surface area is 138 Å². The molecule has 0 aliphatic heterocycles. The maximum Gasteiger partial charge on any atom is 0.244 e. The van der Waals surface area contributed by atoms with Crippen LogP contribution in [0.5, 0.6) is 0 Å². The molecule has 0 saturated heterocycles. The summed E-state index contributed by atoms with van der Waals surface area (Å²) in [6, 6.07) is 5.28. The first kappa shape index (κ1) is 16.5. The van der Waals surface area contributed by atoms with E-state index in [0.717, 1.165) is 23.7 Å². The van der Waals surface area contributed by atoms with Crippen LogP contribution in [0.4, 0.5) is 0 Å². The number of hydrogen-bond acceptors (Lipinski definition) is 2. The topological polar surface area (TPSA) is 37.4 Å². The van der Waals surface area contributed by atoms with Crippen molar-refractivity contribution in [1.82, 2.24) is 4.31 Å². The minimum atomic E-state index is -3.44. The highest BCUT2D eigenvalue weighted by atomic mass is 79.9. The van der Waals surface area contributed by atoms with E-state index < -0.39 is 10.0 Å². The van der Waals surface area contributed by atoms with Gasteiger partial charge in [0.2, 0.25) is 10.0 Å². The zero-order chi connectivity index (χ0) is 14.9. The maximum absolute atomic E-state index is 12.8. The second-order valence-electron chi connectivity index (χ2n) is 5.52. The van der Waals surface area contributed by atoms with Crippen LogP contribution in [0.2, 0.25) is 0 Å². The Morgan fingerprint density at radius 1 is 1.25 bits per heavy atom. The molecule has 112 valence electrons. The van der Waals surface area contributed by atoms with Crippen molar-refractivity contribution in [3.8, 4) is 0 Å². The number of benzene rings is 1. The lowest BCUT2D eigenvalue weighted by molar-refractivity contribution is 0.239. The molecule has 1 aromatic rings. The average molecular weight is 425 g/mol. The van der Waals surface area contributed by atoms with Gasteiger partial charge in [0.15, 0.2) is 0 Å². The van der Waals surface area contributed by atoms with E-state index in [4.69, 9.17) is 0 Å². The lowest BCUT2D eigenvalue weighted by Crippen LogP contribution is -2.39. The van der Waals surface area contributed by atoms with Gasteiger partial charge in [-0.05, 0) is 52.9 Å². The molecule has 1 aliphatic carbocycles. The third-order valence-electron chi connectivity index (χ3n) is 3.97. The molecule has 2 unspecified atom stereocenters. The van der Waals surface area contributed by atoms with Crippen LogP contribution < -0.4 is 0 Å². The molecule has 2 atom stereocenters. The Bertz CT molecular complexity index is 589. The van der Waals surface area contributed by atoms with Crippen molar-refractivity contribution in [2.24, 2.45) is 5.92 Å². The molecular weight excluding hydrogens is 406 g/mol. The maximum atomic E-state index is 12.8. The molecule has 0 bridgehead atoms. The van der Waals surface area contributed by atoms with Crippen molar-refractivity contribution in [1.29, 1.82) is 0 Å². The van der Waals surface area contributed by atoms with Crippen LogP contribution in [0.1, 0.15) is 32.6 Å². The molecule has 1 fully saturated rings. The number of hydrogen-bond donors (Lipinski definition) is 0. The summed E-state index contributed by atoms with van der Waals surface area (Å²) in [5.41, 5.74) is 0. The third-order valence-corrected chi connectivity index (χ3v) is 7.35. The number of rotatable bonds is 3. The van der Waals surface area contributed by atoms with Gasteiger partial charge in [-0.2, -0.15) is 4.31 Å². The van der Waals surface area contributed by atoms with Crippen molar-refractivity contribution in [3.63, 3.8) is 0 Å². The molecule has 1 saturated carbocycles. The summed E-state index contributed by atoms with van der Waals surface area (Å²) >= 11 is 6.70. The highest BCUT2D eigenvalue weighted by Gasteiger charge is 2.32. The van der Waals surface area contributed by atoms with Crippen molar-refractivity contribution < 1.29 is 8.42 Å². The quantitative estimate of drug-likeness (QED) is 0.720. The van der Waals surface area contributed by atoms with Crippen molar-refractivity contribution >= 4 is 41.9 Å². The first-order valence-corrected chi connectivity index (χ1v) is 9.78. The van der Waals surface area contributed by atoms with E-state index in [9.17, 15) is 8.42 Å². The molecule has 0 spiro atoms. The van der Waals surface area contributed by atoms with Crippen LogP contribution in [-0.2, 0) is 10.0 Å². The van der Waals surface area contributed by atoms with Gasteiger partial charge in [0.25, 0.3) is 0 Å². The van der Waals surface area contributed by atoms with Gasteiger partial charge in [-0.25, -0.2) is 8.42 Å². The van der Waals surface area contributed by atoms with Crippen LogP contribution in [0.15, 0.2) is 32.0 Å². The fourth-order valence-electron chi connectivity index (χ4n) is 2.77. The number of halogens is 2. The van der Waals surface area contributed by atoms with Gasteiger partial charge < -0.3 is 0 Å². The van der Waals surface area contributed by atoms with E-state index in [1.165, 1.54) is 6.42 Å². The van der Waals surface area contributed by atoms with Crippen molar-refractivity contribution in [2.75, 3.05) is 7.05 Å². The molecule has 3 nitrogen and oxygen atoms in total. The van der Waals surface area contributed by atoms with Gasteiger partial charge >= 0.3 is 0 Å². The average Bonchev–Trinajstić information content (AvgIpc) is 2.37. The predicted octanol–water partition coefficient (Wildman–Crippen LogP) is 4.41. The fourth-order valence-corrected chi connectivity index (χ4v) is 5.87. The number of sulfonamides is 1. The largest absolute Gasteiger partial charge is 0.244 e. The molecule has 0 N–H and O–H groups in total. The summed E-state index contributed by atoms with van der Waals surface area (Å²) in [6.45, 7) is 2.20. The first-order valence-electron chi connectivity index (χ1n) is 6.75. The van der Waals surface area contributed by atoms with Gasteiger partial charge in [0, 0.05) is 22.0 Å². The van der Waals surface area contributed by atoms with Gasteiger partial charge in [-0.3, -0.25) is 0 Å². The SMILES string of the molecule is CC1CCCC(N(C)S(=O)(=O)c2ccc(Br)cc2Br)C1. The van der Waals surface area contributed by atoms with Crippen LogP contribution in [0.3, 0.4) is 0 Å². The van der Waals surface area contributed by atoms with Crippen molar-refractivity contribution in [2.45, 2.75) is 43.5 Å². The summed E-state index contributed by atoms with van der Waals surface area (Å²) in [4.78, 5) is 0.335. The first-order chi connectivity index (χ1) is 9.32. The van der Waals surface area contributed by atoms with E-state index in [-0.39, 0.29) is 6.04 Å². The lowest BCUT2D eigenvalue weighted by atomic mass is 9.87. The van der Waals surface area contributed by atoms with Crippen LogP contribution in [0, 0.1) is 5.92 Å². The van der Waals surface area contributed by atoms with Gasteiger partial charge in [-0.1, -0.05) is 35.7 Å². The summed E-state index contributed by atoms with van der Waals surface area (Å²) in [5.74, 6) is 0.597. The molecule has 2 rings (SSSR count). The molecular formula is C14H19Br2NO2S. The fraction of sp³-hybridized carbons (Fsp3) is 0.571. The Balaban J connectivity index is 2.29. The normalized spacial score (nSPS) is 24.1. The Morgan fingerprint density at radius 3 is 2.55 bits per heavy atom. The molecule has 20 heavy (non-hydrogen) atoms. The van der Waals surface area contributed by atoms with E-state index in [1.807, 2.05) is 0 Å². The van der Waals surface area contributed by atoms with E-state index in [0.29, 0.717) is 15.3 Å². The summed E-state index contributed by atoms with van der Waals surface area (Å²) in [7, 11) is -1.74. The van der Waals surface area contributed by atoms with Crippen molar-refractivity contribution in [3.05, 3.63) is 27.1 Å². The van der Waals surface area contributed by atoms with E-state index >= 15 is 0 Å². The minimum Gasteiger partial charge on any atom is -0.207 e. The molecule has 0 amide bonds. The van der Waals surface area contributed by atoms with Crippen LogP contribution >= 0.6 is 31.9 Å². The molecule has 1 aliphatic rings. The third kappa shape index (κ3) is 3.46. The predicted molar refractivity (Wildman–Crippen MR) is 88.2 cm³/mol. The van der Waals surface area contributed by atoms with Gasteiger partial charge in [0.05, 0.1) is 4.90 Å². The molecule has 6 heteroatoms. The van der Waals surface area contributed by atoms with Gasteiger partial charge in [-0.15, -0.1) is 0 Å². The van der Waals surface area contributed by atoms with Gasteiger partial charge in [0.1, 0.15) is 0 Å². The van der Waals surface area contributed by atoms with E-state index in [1.54, 1.807) is 29.6 Å². The Hall–Kier alpha value is 0.0900. The van der Waals surface area contributed by atoms with E-state index in [2.05, 4.69) is 38.8 Å². The Morgan fingerprint density at radius 2 is 1.95 bits per heavy atom. The summed E-state index contributed by atoms with van der Waals surface area (Å²) in [6.07, 6.45) is 4.21. The molecule has 1 aromatic carbocycles. The lowest BCUT2D eigenvalue weighted by Gasteiger charge is -2.33. The zero-order valence-corrected chi connectivity index (χ0v) is 15.6. The minimum absolute atomic E-state index is 0.110. The summed E-state index contributed by atoms with van der Waals surface area (Å²) < 4.78 is 28.5. The molecule has 0 radical (unpaired) electrons. The van der Waals surface area contributed by atoms with Crippen LogP contribution in [-0.4, -0.2) is 25.8 Å². The second kappa shape index (κ2) is 6.46. The smallest absolute Gasteiger partial charge is 0.207 e. The molecule has 0 heterocycles. The molecule has 0 aromatic heterocycles. The number of nitrogens with zero attached hydrogens (tertiary/aromatic N) is 1. The highest BCUT2D eigenvalue weighted by molar-refractivity contribution is 9.11. The highest BCUT2D eigenvalue weighted by Crippen LogP contribution is 2.32.